The monoisotopic (exact) mass is 335 g/mol. The molecule has 7 heteroatoms. The van der Waals surface area contributed by atoms with E-state index in [1.807, 2.05) is 32.0 Å². The molecular weight excluding hydrogens is 308 g/mol. The molecule has 24 heavy (non-hydrogen) atoms. The summed E-state index contributed by atoms with van der Waals surface area (Å²) in [5.74, 6) is -0.606. The normalized spacial score (nSPS) is 11.8. The Labute approximate surface area is 142 Å². The van der Waals surface area contributed by atoms with Crippen molar-refractivity contribution in [3.05, 3.63) is 29.3 Å². The van der Waals surface area contributed by atoms with E-state index >= 15 is 0 Å². The first-order chi connectivity index (χ1) is 11.2. The molecule has 1 aromatic rings. The van der Waals surface area contributed by atoms with E-state index in [4.69, 9.17) is 0 Å². The van der Waals surface area contributed by atoms with Gasteiger partial charge in [-0.2, -0.15) is 0 Å². The number of carbonyl (C=O) groups is 3. The van der Waals surface area contributed by atoms with Gasteiger partial charge in [-0.25, -0.2) is 4.79 Å². The van der Waals surface area contributed by atoms with Crippen LogP contribution in [0.2, 0.25) is 0 Å². The molecule has 0 radical (unpaired) electrons. The van der Waals surface area contributed by atoms with Crippen LogP contribution in [-0.2, 0) is 9.59 Å². The largest absolute Gasteiger partial charge is 0.336 e. The molecule has 0 aliphatic heterocycles. The molecule has 0 aliphatic carbocycles. The molecule has 1 unspecified atom stereocenters. The van der Waals surface area contributed by atoms with E-state index in [-0.39, 0.29) is 25.0 Å². The predicted molar refractivity (Wildman–Crippen MR) is 93.0 cm³/mol. The second kappa shape index (κ2) is 9.02. The molecule has 7 nitrogen and oxygen atoms in total. The number of benzene rings is 1. The lowest BCUT2D eigenvalue weighted by Crippen LogP contribution is -3.11. The lowest BCUT2D eigenvalue weighted by Gasteiger charge is -2.15. The fraction of sp³-hybridized carbons (Fsp3) is 0.471. The van der Waals surface area contributed by atoms with E-state index in [1.54, 1.807) is 20.9 Å². The fourth-order valence-electron chi connectivity index (χ4n) is 2.16. The maximum atomic E-state index is 12.1. The molecule has 0 bridgehead atoms. The average molecular weight is 335 g/mol. The van der Waals surface area contributed by atoms with Crippen LogP contribution in [0, 0.1) is 13.8 Å². The van der Waals surface area contributed by atoms with Crippen molar-refractivity contribution in [3.63, 3.8) is 0 Å². The van der Waals surface area contributed by atoms with Crippen molar-refractivity contribution in [3.8, 4) is 0 Å². The molecule has 1 atom stereocenters. The number of amides is 4. The zero-order valence-electron chi connectivity index (χ0n) is 14.9. The standard InChI is InChI=1S/C17H26N4O3/c1-11(2)18-17(24)20-16(23)10-21(5)9-15(22)19-14-8-6-7-12(3)13(14)4/h6-8,11H,9-10H2,1-5H3,(H,19,22)(H2,18,20,23,24)/p+1. The highest BCUT2D eigenvalue weighted by Crippen LogP contribution is 2.17. The molecule has 0 saturated heterocycles. The first-order valence-electron chi connectivity index (χ1n) is 7.96. The number of anilines is 1. The van der Waals surface area contributed by atoms with Gasteiger partial charge in [0, 0.05) is 11.7 Å². The van der Waals surface area contributed by atoms with Crippen LogP contribution in [0.5, 0.6) is 0 Å². The Hall–Kier alpha value is -2.41. The zero-order valence-corrected chi connectivity index (χ0v) is 14.9. The van der Waals surface area contributed by atoms with Crippen molar-refractivity contribution in [2.75, 3.05) is 25.5 Å². The lowest BCUT2D eigenvalue weighted by atomic mass is 10.1. The van der Waals surface area contributed by atoms with E-state index in [0.717, 1.165) is 16.8 Å². The van der Waals surface area contributed by atoms with E-state index < -0.39 is 11.9 Å². The molecule has 0 saturated carbocycles. The van der Waals surface area contributed by atoms with E-state index in [2.05, 4.69) is 16.0 Å². The minimum Gasteiger partial charge on any atom is -0.336 e. The fourth-order valence-corrected chi connectivity index (χ4v) is 2.16. The van der Waals surface area contributed by atoms with E-state index in [1.165, 1.54) is 0 Å². The van der Waals surface area contributed by atoms with Gasteiger partial charge in [-0.15, -0.1) is 0 Å². The number of likely N-dealkylation sites (N-methyl/N-ethyl adjacent to an activating group) is 1. The van der Waals surface area contributed by atoms with Crippen molar-refractivity contribution in [1.29, 1.82) is 0 Å². The Morgan fingerprint density at radius 3 is 2.33 bits per heavy atom. The number of carbonyl (C=O) groups excluding carboxylic acids is 3. The first kappa shape index (κ1) is 19.6. The van der Waals surface area contributed by atoms with Crippen molar-refractivity contribution in [2.24, 2.45) is 0 Å². The zero-order chi connectivity index (χ0) is 18.3. The number of rotatable bonds is 6. The third-order valence-corrected chi connectivity index (χ3v) is 3.48. The molecule has 0 heterocycles. The van der Waals surface area contributed by atoms with Crippen LogP contribution in [-0.4, -0.2) is 44.0 Å². The van der Waals surface area contributed by atoms with Gasteiger partial charge in [0.2, 0.25) is 0 Å². The van der Waals surface area contributed by atoms with Gasteiger partial charge >= 0.3 is 6.03 Å². The van der Waals surface area contributed by atoms with Gasteiger partial charge in [-0.05, 0) is 44.9 Å². The van der Waals surface area contributed by atoms with Gasteiger partial charge in [0.1, 0.15) is 0 Å². The molecule has 0 aliphatic rings. The van der Waals surface area contributed by atoms with Crippen LogP contribution in [0.3, 0.4) is 0 Å². The van der Waals surface area contributed by atoms with E-state index in [0.29, 0.717) is 4.90 Å². The molecule has 0 aromatic heterocycles. The summed E-state index contributed by atoms with van der Waals surface area (Å²) in [6, 6.07) is 5.14. The molecule has 1 aromatic carbocycles. The van der Waals surface area contributed by atoms with Crippen LogP contribution < -0.4 is 20.9 Å². The highest BCUT2D eigenvalue weighted by Gasteiger charge is 2.17. The lowest BCUT2D eigenvalue weighted by molar-refractivity contribution is -0.862. The molecule has 132 valence electrons. The number of hydrogen-bond donors (Lipinski definition) is 4. The second-order valence-electron chi connectivity index (χ2n) is 6.28. The third-order valence-electron chi connectivity index (χ3n) is 3.48. The Kier molecular flexibility index (Phi) is 7.38. The molecule has 0 fully saturated rings. The van der Waals surface area contributed by atoms with Gasteiger partial charge in [0.05, 0.1) is 7.05 Å². The molecule has 1 rings (SSSR count). The number of imide groups is 1. The molecule has 4 amide bonds. The summed E-state index contributed by atoms with van der Waals surface area (Å²) in [5, 5.41) is 7.66. The molecule has 4 N–H and O–H groups in total. The van der Waals surface area contributed by atoms with Gasteiger partial charge in [0.25, 0.3) is 11.8 Å². The van der Waals surface area contributed by atoms with Gasteiger partial charge in [-0.1, -0.05) is 12.1 Å². The topological polar surface area (TPSA) is 91.7 Å². The summed E-state index contributed by atoms with van der Waals surface area (Å²) in [7, 11) is 1.72. The Morgan fingerprint density at radius 2 is 1.71 bits per heavy atom. The van der Waals surface area contributed by atoms with Crippen molar-refractivity contribution in [2.45, 2.75) is 33.7 Å². The average Bonchev–Trinajstić information content (AvgIpc) is 2.42. The minimum atomic E-state index is -0.525. The van der Waals surface area contributed by atoms with Crippen molar-refractivity contribution >= 4 is 23.5 Å². The summed E-state index contributed by atoms with van der Waals surface area (Å²) in [6.07, 6.45) is 0. The summed E-state index contributed by atoms with van der Waals surface area (Å²) >= 11 is 0. The first-order valence-corrected chi connectivity index (χ1v) is 7.96. The molecular formula is C17H27N4O3+. The summed E-state index contributed by atoms with van der Waals surface area (Å²) < 4.78 is 0. The number of aryl methyl sites for hydroxylation is 1. The summed E-state index contributed by atoms with van der Waals surface area (Å²) in [5.41, 5.74) is 2.89. The number of nitrogens with one attached hydrogen (secondary N) is 4. The predicted octanol–water partition coefficient (Wildman–Crippen LogP) is -0.00916. The van der Waals surface area contributed by atoms with Crippen LogP contribution in [0.1, 0.15) is 25.0 Å². The maximum absolute atomic E-state index is 12.1. The van der Waals surface area contributed by atoms with Crippen molar-refractivity contribution < 1.29 is 19.3 Å². The minimum absolute atomic E-state index is 0.0335. The third kappa shape index (κ3) is 6.78. The summed E-state index contributed by atoms with van der Waals surface area (Å²) in [6.45, 7) is 7.70. The van der Waals surface area contributed by atoms with Crippen LogP contribution >= 0.6 is 0 Å². The smallest absolute Gasteiger partial charge is 0.321 e. The Bertz CT molecular complexity index is 614. The van der Waals surface area contributed by atoms with Gasteiger partial charge in [0.15, 0.2) is 13.1 Å². The van der Waals surface area contributed by atoms with Gasteiger partial charge < -0.3 is 15.5 Å². The van der Waals surface area contributed by atoms with Gasteiger partial charge in [-0.3, -0.25) is 14.9 Å². The highest BCUT2D eigenvalue weighted by atomic mass is 16.2. The van der Waals surface area contributed by atoms with Crippen LogP contribution in [0.4, 0.5) is 10.5 Å². The highest BCUT2D eigenvalue weighted by molar-refractivity contribution is 5.95. The molecule has 0 spiro atoms. The van der Waals surface area contributed by atoms with E-state index in [9.17, 15) is 14.4 Å². The number of hydrogen-bond acceptors (Lipinski definition) is 3. The van der Waals surface area contributed by atoms with Crippen molar-refractivity contribution in [1.82, 2.24) is 10.6 Å². The Balaban J connectivity index is 2.45. The second-order valence-corrected chi connectivity index (χ2v) is 6.28. The van der Waals surface area contributed by atoms with Crippen LogP contribution in [0.25, 0.3) is 0 Å². The Morgan fingerprint density at radius 1 is 1.08 bits per heavy atom. The number of quaternary nitrogens is 1. The van der Waals surface area contributed by atoms with Crippen LogP contribution in [0.15, 0.2) is 18.2 Å². The summed E-state index contributed by atoms with van der Waals surface area (Å²) in [4.78, 5) is 36.0. The maximum Gasteiger partial charge on any atom is 0.321 e. The SMILES string of the molecule is Cc1cccc(NC(=O)C[NH+](C)CC(=O)NC(=O)NC(C)C)c1C. The quantitative estimate of drug-likeness (QED) is 0.589. The number of urea groups is 1.